The summed E-state index contributed by atoms with van der Waals surface area (Å²) in [4.78, 5) is 12.9. The summed E-state index contributed by atoms with van der Waals surface area (Å²) in [7, 11) is 0. The van der Waals surface area contributed by atoms with E-state index in [4.69, 9.17) is 4.74 Å². The predicted octanol–water partition coefficient (Wildman–Crippen LogP) is 5.16. The molecule has 0 saturated carbocycles. The molecule has 1 saturated heterocycles. The largest absolute Gasteiger partial charge is 0.376 e. The van der Waals surface area contributed by atoms with Crippen molar-refractivity contribution in [2.45, 2.75) is 50.6 Å². The van der Waals surface area contributed by atoms with Gasteiger partial charge in [0.2, 0.25) is 5.13 Å². The summed E-state index contributed by atoms with van der Waals surface area (Å²) in [6.07, 6.45) is 2.47. The van der Waals surface area contributed by atoms with Crippen LogP contribution in [-0.4, -0.2) is 39.0 Å². The first-order valence-corrected chi connectivity index (χ1v) is 11.9. The Balaban J connectivity index is 1.37. The first kappa shape index (κ1) is 21.1. The Kier molecular flexibility index (Phi) is 6.55. The average Bonchev–Trinajstić information content (AvgIpc) is 3.46. The lowest BCUT2D eigenvalue weighted by atomic mass is 10.2. The smallest absolute Gasteiger partial charge is 0.210 e. The normalized spacial score (nSPS) is 16.2. The number of Topliss-reactive ketones (excluding diaryl/α,β-unsaturated/α-hetero) is 1. The molecule has 6 nitrogen and oxygen atoms in total. The van der Waals surface area contributed by atoms with E-state index < -0.39 is 0 Å². The first-order valence-electron chi connectivity index (χ1n) is 10.1. The van der Waals surface area contributed by atoms with Crippen LogP contribution in [0.15, 0.2) is 34.7 Å². The van der Waals surface area contributed by atoms with E-state index in [0.717, 1.165) is 63.7 Å². The summed E-state index contributed by atoms with van der Waals surface area (Å²) < 4.78 is 8.76. The highest BCUT2D eigenvalue weighted by Gasteiger charge is 2.21. The molecular weight excluding hydrogens is 416 g/mol. The van der Waals surface area contributed by atoms with Crippen LogP contribution in [0.1, 0.15) is 40.2 Å². The molecule has 1 unspecified atom stereocenters. The number of hydrogen-bond acceptors (Lipinski definition) is 7. The SMILES string of the molecule is Cc1ccccc1Nc1nnc(SCC(=O)c2cc(C)n(CC3CCCO3)c2C)s1. The van der Waals surface area contributed by atoms with Gasteiger partial charge in [-0.3, -0.25) is 4.79 Å². The predicted molar refractivity (Wildman–Crippen MR) is 122 cm³/mol. The Morgan fingerprint density at radius 2 is 2.13 bits per heavy atom. The second-order valence-corrected chi connectivity index (χ2v) is 9.76. The minimum Gasteiger partial charge on any atom is -0.376 e. The molecule has 8 heteroatoms. The van der Waals surface area contributed by atoms with E-state index in [0.29, 0.717) is 5.75 Å². The van der Waals surface area contributed by atoms with Gasteiger partial charge in [0.25, 0.3) is 0 Å². The van der Waals surface area contributed by atoms with Crippen molar-refractivity contribution in [1.29, 1.82) is 0 Å². The van der Waals surface area contributed by atoms with Gasteiger partial charge in [-0.2, -0.15) is 0 Å². The molecule has 1 N–H and O–H groups in total. The number of nitrogens with zero attached hydrogens (tertiary/aromatic N) is 3. The number of benzene rings is 1. The van der Waals surface area contributed by atoms with E-state index in [1.165, 1.54) is 23.1 Å². The van der Waals surface area contributed by atoms with Crippen molar-refractivity contribution in [1.82, 2.24) is 14.8 Å². The average molecular weight is 443 g/mol. The number of carbonyl (C=O) groups is 1. The molecule has 0 radical (unpaired) electrons. The minimum atomic E-state index is 0.121. The summed E-state index contributed by atoms with van der Waals surface area (Å²) in [5.41, 5.74) is 5.08. The third-order valence-electron chi connectivity index (χ3n) is 5.40. The van der Waals surface area contributed by atoms with Gasteiger partial charge in [0.15, 0.2) is 10.1 Å². The second kappa shape index (κ2) is 9.32. The number of rotatable bonds is 8. The molecule has 0 spiro atoms. The summed E-state index contributed by atoms with van der Waals surface area (Å²) >= 11 is 2.90. The van der Waals surface area contributed by atoms with Crippen molar-refractivity contribution in [2.75, 3.05) is 17.7 Å². The Morgan fingerprint density at radius 3 is 2.90 bits per heavy atom. The maximum absolute atomic E-state index is 12.9. The van der Waals surface area contributed by atoms with Crippen molar-refractivity contribution in [3.05, 3.63) is 52.8 Å². The molecule has 158 valence electrons. The van der Waals surface area contributed by atoms with Gasteiger partial charge in [-0.1, -0.05) is 41.3 Å². The summed E-state index contributed by atoms with van der Waals surface area (Å²) in [5, 5.41) is 12.4. The maximum Gasteiger partial charge on any atom is 0.210 e. The van der Waals surface area contributed by atoms with Crippen LogP contribution in [0.4, 0.5) is 10.8 Å². The lowest BCUT2D eigenvalue weighted by Gasteiger charge is -2.14. The number of nitrogens with one attached hydrogen (secondary N) is 1. The zero-order chi connectivity index (χ0) is 21.1. The molecule has 0 aliphatic carbocycles. The van der Waals surface area contributed by atoms with Crippen molar-refractivity contribution >= 4 is 39.7 Å². The fraction of sp³-hybridized carbons (Fsp3) is 0.409. The zero-order valence-corrected chi connectivity index (χ0v) is 19.1. The van der Waals surface area contributed by atoms with Gasteiger partial charge in [0.05, 0.1) is 11.9 Å². The fourth-order valence-electron chi connectivity index (χ4n) is 3.71. The van der Waals surface area contributed by atoms with Crippen molar-refractivity contribution < 1.29 is 9.53 Å². The van der Waals surface area contributed by atoms with Crippen LogP contribution >= 0.6 is 23.1 Å². The highest BCUT2D eigenvalue weighted by Crippen LogP contribution is 2.30. The molecule has 30 heavy (non-hydrogen) atoms. The van der Waals surface area contributed by atoms with E-state index in [1.54, 1.807) is 0 Å². The lowest BCUT2D eigenvalue weighted by Crippen LogP contribution is -2.17. The Bertz CT molecular complexity index is 1040. The molecule has 3 heterocycles. The number of carbonyl (C=O) groups excluding carboxylic acids is 1. The summed E-state index contributed by atoms with van der Waals surface area (Å²) in [6, 6.07) is 10.1. The van der Waals surface area contributed by atoms with Gasteiger partial charge in [-0.15, -0.1) is 10.2 Å². The molecule has 1 fully saturated rings. The van der Waals surface area contributed by atoms with E-state index in [2.05, 4.69) is 27.0 Å². The fourth-order valence-corrected chi connectivity index (χ4v) is 5.36. The molecule has 3 aromatic rings. The number of anilines is 2. The monoisotopic (exact) mass is 442 g/mol. The van der Waals surface area contributed by atoms with Crippen LogP contribution in [-0.2, 0) is 11.3 Å². The van der Waals surface area contributed by atoms with Crippen LogP contribution in [0.5, 0.6) is 0 Å². The van der Waals surface area contributed by atoms with E-state index in [9.17, 15) is 4.79 Å². The van der Waals surface area contributed by atoms with Crippen LogP contribution < -0.4 is 5.32 Å². The Hall–Kier alpha value is -2.16. The topological polar surface area (TPSA) is 69.0 Å². The maximum atomic E-state index is 12.9. The molecule has 1 aliphatic rings. The summed E-state index contributed by atoms with van der Waals surface area (Å²) in [5.74, 6) is 0.471. The van der Waals surface area contributed by atoms with Crippen molar-refractivity contribution in [2.24, 2.45) is 0 Å². The molecule has 1 atom stereocenters. The molecule has 2 aromatic heterocycles. The number of ketones is 1. The van der Waals surface area contributed by atoms with E-state index >= 15 is 0 Å². The number of aromatic nitrogens is 3. The van der Waals surface area contributed by atoms with Gasteiger partial charge in [-0.05, 0) is 51.3 Å². The Labute approximate surface area is 185 Å². The van der Waals surface area contributed by atoms with Crippen LogP contribution in [0.2, 0.25) is 0 Å². The number of thioether (sulfide) groups is 1. The number of aryl methyl sites for hydroxylation is 2. The number of hydrogen-bond donors (Lipinski definition) is 1. The first-order chi connectivity index (χ1) is 14.5. The number of para-hydroxylation sites is 1. The molecule has 1 aromatic carbocycles. The molecule has 4 rings (SSSR count). The zero-order valence-electron chi connectivity index (χ0n) is 17.5. The molecule has 1 aliphatic heterocycles. The number of ether oxygens (including phenoxy) is 1. The second-order valence-electron chi connectivity index (χ2n) is 7.56. The Morgan fingerprint density at radius 1 is 1.30 bits per heavy atom. The highest BCUT2D eigenvalue weighted by molar-refractivity contribution is 8.01. The van der Waals surface area contributed by atoms with Crippen LogP contribution in [0, 0.1) is 20.8 Å². The lowest BCUT2D eigenvalue weighted by molar-refractivity contribution is 0.0957. The molecular formula is C22H26N4O2S2. The van der Waals surface area contributed by atoms with Gasteiger partial charge in [-0.25, -0.2) is 0 Å². The van der Waals surface area contributed by atoms with Crippen LogP contribution in [0.3, 0.4) is 0 Å². The molecule has 0 amide bonds. The third kappa shape index (κ3) is 4.77. The standard InChI is InChI=1S/C22H26N4O2S2/c1-14-7-4-5-9-19(14)23-21-24-25-22(30-21)29-13-20(27)18-11-15(2)26(16(18)3)12-17-8-6-10-28-17/h4-5,7,9,11,17H,6,8,10,12-13H2,1-3H3,(H,23,24). The van der Waals surface area contributed by atoms with Crippen molar-refractivity contribution in [3.8, 4) is 0 Å². The van der Waals surface area contributed by atoms with Crippen LogP contribution in [0.25, 0.3) is 0 Å². The van der Waals surface area contributed by atoms with Gasteiger partial charge in [0.1, 0.15) is 0 Å². The van der Waals surface area contributed by atoms with Gasteiger partial charge < -0.3 is 14.6 Å². The van der Waals surface area contributed by atoms with E-state index in [-0.39, 0.29) is 11.9 Å². The van der Waals surface area contributed by atoms with Gasteiger partial charge >= 0.3 is 0 Å². The summed E-state index contributed by atoms with van der Waals surface area (Å²) in [6.45, 7) is 7.79. The highest BCUT2D eigenvalue weighted by atomic mass is 32.2. The van der Waals surface area contributed by atoms with E-state index in [1.807, 2.05) is 44.2 Å². The van der Waals surface area contributed by atoms with Crippen molar-refractivity contribution in [3.63, 3.8) is 0 Å². The third-order valence-corrected chi connectivity index (χ3v) is 7.38. The molecule has 0 bridgehead atoms. The van der Waals surface area contributed by atoms with Gasteiger partial charge in [0, 0.05) is 35.8 Å². The minimum absolute atomic E-state index is 0.121. The quantitative estimate of drug-likeness (QED) is 0.384.